The Morgan fingerprint density at radius 2 is 1.86 bits per heavy atom. The number of amides is 1. The van der Waals surface area contributed by atoms with Crippen molar-refractivity contribution in [1.29, 1.82) is 0 Å². The van der Waals surface area contributed by atoms with E-state index in [1.165, 1.54) is 5.56 Å². The van der Waals surface area contributed by atoms with Crippen LogP contribution in [0.3, 0.4) is 0 Å². The smallest absolute Gasteiger partial charge is 0.224 e. The molecular formula is C34H50N4O4S. The Morgan fingerprint density at radius 1 is 1.14 bits per heavy atom. The number of Topliss-reactive ketones (excluding diaryl/α,β-unsaturated/α-hetero) is 2. The second-order valence-corrected chi connectivity index (χ2v) is 13.8. The molecule has 9 heteroatoms. The topological polar surface area (TPSA) is 91.8 Å². The lowest BCUT2D eigenvalue weighted by molar-refractivity contribution is -0.130. The van der Waals surface area contributed by atoms with Crippen molar-refractivity contribution in [3.8, 4) is 0 Å². The maximum atomic E-state index is 13.8. The lowest BCUT2D eigenvalue weighted by Crippen LogP contribution is -2.46. The van der Waals surface area contributed by atoms with E-state index in [2.05, 4.69) is 54.7 Å². The molecule has 0 spiro atoms. The number of aromatic nitrogens is 1. The van der Waals surface area contributed by atoms with Crippen molar-refractivity contribution in [1.82, 2.24) is 20.1 Å². The number of piperazine rings is 1. The van der Waals surface area contributed by atoms with Gasteiger partial charge in [0.1, 0.15) is 5.78 Å². The van der Waals surface area contributed by atoms with Crippen molar-refractivity contribution < 1.29 is 19.1 Å². The van der Waals surface area contributed by atoms with E-state index in [1.807, 2.05) is 13.0 Å². The number of nitrogens with zero attached hydrogens (tertiary/aromatic N) is 3. The molecule has 0 radical (unpaired) electrons. The number of likely N-dealkylation sites (N-methyl/N-ethyl adjacent to an activating group) is 1. The van der Waals surface area contributed by atoms with Gasteiger partial charge >= 0.3 is 0 Å². The van der Waals surface area contributed by atoms with Crippen LogP contribution in [0.2, 0.25) is 0 Å². The van der Waals surface area contributed by atoms with Gasteiger partial charge < -0.3 is 15.0 Å². The normalized spacial score (nSPS) is 18.5. The first-order chi connectivity index (χ1) is 20.6. The summed E-state index contributed by atoms with van der Waals surface area (Å²) >= 11 is 1.61. The average Bonchev–Trinajstić information content (AvgIpc) is 3.41. The van der Waals surface area contributed by atoms with Crippen LogP contribution in [-0.4, -0.2) is 91.3 Å². The monoisotopic (exact) mass is 610 g/mol. The van der Waals surface area contributed by atoms with Gasteiger partial charge in [0.25, 0.3) is 0 Å². The van der Waals surface area contributed by atoms with Gasteiger partial charge in [-0.2, -0.15) is 0 Å². The van der Waals surface area contributed by atoms with E-state index in [4.69, 9.17) is 9.72 Å². The molecule has 2 aliphatic rings. The summed E-state index contributed by atoms with van der Waals surface area (Å²) in [6, 6.07) is 6.19. The van der Waals surface area contributed by atoms with Gasteiger partial charge in [-0.3, -0.25) is 19.3 Å². The third kappa shape index (κ3) is 9.76. The molecule has 3 heterocycles. The van der Waals surface area contributed by atoms with Gasteiger partial charge in [0.2, 0.25) is 5.91 Å². The SMILES string of the molecule is C=C(CN1CCN(C)CC1)C(=O)CC[C@@H](NC(=O)[C@@H](CC(=O)CC)Cc1nc2ccc(C(C)C)cc2s1)C1CCOCC1. The molecule has 1 aromatic carbocycles. The summed E-state index contributed by atoms with van der Waals surface area (Å²) in [4.78, 5) is 49.0. The van der Waals surface area contributed by atoms with Crippen LogP contribution in [-0.2, 0) is 25.5 Å². The Hall–Kier alpha value is -2.46. The molecule has 43 heavy (non-hydrogen) atoms. The second-order valence-electron chi connectivity index (χ2n) is 12.7. The van der Waals surface area contributed by atoms with E-state index >= 15 is 0 Å². The van der Waals surface area contributed by atoms with Gasteiger partial charge in [0, 0.05) is 83.2 Å². The molecule has 2 saturated heterocycles. The predicted octanol–water partition coefficient (Wildman–Crippen LogP) is 5.01. The Labute approximate surface area is 261 Å². The fourth-order valence-corrected chi connectivity index (χ4v) is 7.09. The first-order valence-electron chi connectivity index (χ1n) is 16.0. The maximum absolute atomic E-state index is 13.8. The summed E-state index contributed by atoms with van der Waals surface area (Å²) in [5.74, 6) is 0.177. The van der Waals surface area contributed by atoms with Gasteiger partial charge in [0.15, 0.2) is 5.78 Å². The number of fused-ring (bicyclic) bond motifs is 1. The Morgan fingerprint density at radius 3 is 2.53 bits per heavy atom. The summed E-state index contributed by atoms with van der Waals surface area (Å²) in [5, 5.41) is 4.18. The van der Waals surface area contributed by atoms with Gasteiger partial charge in [-0.25, -0.2) is 4.98 Å². The lowest BCUT2D eigenvalue weighted by atomic mass is 9.87. The highest BCUT2D eigenvalue weighted by atomic mass is 32.1. The molecule has 1 aromatic heterocycles. The minimum atomic E-state index is -0.497. The fourth-order valence-electron chi connectivity index (χ4n) is 5.99. The predicted molar refractivity (Wildman–Crippen MR) is 174 cm³/mol. The number of carbonyl (C=O) groups excluding carboxylic acids is 3. The Balaban J connectivity index is 1.43. The van der Waals surface area contributed by atoms with E-state index in [9.17, 15) is 14.4 Å². The third-order valence-corrected chi connectivity index (χ3v) is 10.1. The Bertz CT molecular complexity index is 1260. The average molecular weight is 611 g/mol. The number of thiazole rings is 1. The van der Waals surface area contributed by atoms with Crippen LogP contribution in [0.15, 0.2) is 30.4 Å². The minimum Gasteiger partial charge on any atom is -0.381 e. The molecule has 1 N–H and O–H groups in total. The number of hydrogen-bond acceptors (Lipinski definition) is 8. The van der Waals surface area contributed by atoms with Crippen molar-refractivity contribution in [3.05, 3.63) is 40.9 Å². The minimum absolute atomic E-state index is 0.0678. The number of benzene rings is 1. The van der Waals surface area contributed by atoms with Crippen molar-refractivity contribution in [2.24, 2.45) is 11.8 Å². The highest BCUT2D eigenvalue weighted by Gasteiger charge is 2.30. The van der Waals surface area contributed by atoms with Crippen LogP contribution >= 0.6 is 11.3 Å². The zero-order chi connectivity index (χ0) is 30.9. The molecular weight excluding hydrogens is 560 g/mol. The molecule has 2 aliphatic heterocycles. The maximum Gasteiger partial charge on any atom is 0.224 e. The van der Waals surface area contributed by atoms with Gasteiger partial charge in [-0.05, 0) is 55.8 Å². The fraction of sp³-hybridized carbons (Fsp3) is 0.647. The van der Waals surface area contributed by atoms with Crippen molar-refractivity contribution in [2.45, 2.75) is 77.7 Å². The highest BCUT2D eigenvalue weighted by molar-refractivity contribution is 7.18. The third-order valence-electron chi connectivity index (χ3n) is 9.03. The van der Waals surface area contributed by atoms with E-state index in [0.29, 0.717) is 56.9 Å². The molecule has 1 amide bonds. The number of carbonyl (C=O) groups is 3. The number of ether oxygens (including phenoxy) is 1. The van der Waals surface area contributed by atoms with Crippen LogP contribution in [0, 0.1) is 11.8 Å². The number of hydrogen-bond donors (Lipinski definition) is 1. The molecule has 2 fully saturated rings. The number of nitrogens with one attached hydrogen (secondary N) is 1. The van der Waals surface area contributed by atoms with Crippen LogP contribution in [0.5, 0.6) is 0 Å². The van der Waals surface area contributed by atoms with Crippen LogP contribution < -0.4 is 5.32 Å². The largest absolute Gasteiger partial charge is 0.381 e. The summed E-state index contributed by atoms with van der Waals surface area (Å²) in [7, 11) is 2.12. The van der Waals surface area contributed by atoms with E-state index in [1.54, 1.807) is 11.3 Å². The molecule has 4 rings (SSSR count). The summed E-state index contributed by atoms with van der Waals surface area (Å²) in [5.41, 5.74) is 2.84. The molecule has 8 nitrogen and oxygen atoms in total. The molecule has 2 aromatic rings. The van der Waals surface area contributed by atoms with Crippen molar-refractivity contribution in [2.75, 3.05) is 53.0 Å². The summed E-state index contributed by atoms with van der Waals surface area (Å²) in [6.45, 7) is 16.1. The van der Waals surface area contributed by atoms with Crippen LogP contribution in [0.1, 0.15) is 75.8 Å². The number of ketones is 2. The quantitative estimate of drug-likeness (QED) is 0.284. The molecule has 2 atom stereocenters. The van der Waals surface area contributed by atoms with Crippen LogP contribution in [0.25, 0.3) is 10.2 Å². The zero-order valence-corrected chi connectivity index (χ0v) is 27.3. The lowest BCUT2D eigenvalue weighted by Gasteiger charge is -2.33. The van der Waals surface area contributed by atoms with Gasteiger partial charge in [-0.1, -0.05) is 33.4 Å². The van der Waals surface area contributed by atoms with Crippen molar-refractivity contribution >= 4 is 39.0 Å². The molecule has 0 unspecified atom stereocenters. The highest BCUT2D eigenvalue weighted by Crippen LogP contribution is 2.29. The van der Waals surface area contributed by atoms with E-state index in [0.717, 1.165) is 54.2 Å². The van der Waals surface area contributed by atoms with Crippen LogP contribution in [0.4, 0.5) is 0 Å². The first-order valence-corrected chi connectivity index (χ1v) is 16.9. The zero-order valence-electron chi connectivity index (χ0n) is 26.5. The van der Waals surface area contributed by atoms with Gasteiger partial charge in [-0.15, -0.1) is 11.3 Å². The molecule has 0 bridgehead atoms. The second kappa shape index (κ2) is 16.0. The molecule has 0 saturated carbocycles. The van der Waals surface area contributed by atoms with E-state index < -0.39 is 5.92 Å². The summed E-state index contributed by atoms with van der Waals surface area (Å²) < 4.78 is 6.71. The first kappa shape index (κ1) is 33.4. The molecule has 236 valence electrons. The Kier molecular flexibility index (Phi) is 12.5. The standard InChI is InChI=1S/C34H50N4O4S/c1-6-28(39)19-27(21-33-35-30-8-7-26(23(2)3)20-32(30)43-33)34(41)36-29(25-11-17-42-18-12-25)9-10-31(40)24(4)22-38-15-13-37(5)14-16-38/h7-8,20,23,25,27,29H,4,6,9-19,21-22H2,1-3,5H3,(H,36,41)/t27-,29+/m0/s1. The van der Waals surface area contributed by atoms with E-state index in [-0.39, 0.29) is 35.9 Å². The summed E-state index contributed by atoms with van der Waals surface area (Å²) in [6.07, 6.45) is 3.61. The van der Waals surface area contributed by atoms with Gasteiger partial charge in [0.05, 0.1) is 21.1 Å². The molecule has 0 aliphatic carbocycles. The number of rotatable bonds is 15. The van der Waals surface area contributed by atoms with Crippen molar-refractivity contribution in [3.63, 3.8) is 0 Å².